The lowest BCUT2D eigenvalue weighted by Gasteiger charge is -2.35. The van der Waals surface area contributed by atoms with Crippen LogP contribution in [0.2, 0.25) is 5.02 Å². The molecule has 2 amide bonds. The third-order valence-electron chi connectivity index (χ3n) is 7.36. The lowest BCUT2D eigenvalue weighted by atomic mass is 10.0. The summed E-state index contributed by atoms with van der Waals surface area (Å²) < 4.78 is 70.6. The number of nitrogens with zero attached hydrogens (tertiary/aromatic N) is 2. The van der Waals surface area contributed by atoms with E-state index in [0.717, 1.165) is 23.3 Å². The average Bonchev–Trinajstić information content (AvgIpc) is 3.01. The predicted molar refractivity (Wildman–Crippen MR) is 181 cm³/mol. The van der Waals surface area contributed by atoms with E-state index >= 15 is 0 Å². The summed E-state index contributed by atoms with van der Waals surface area (Å²) in [6.45, 7) is 6.27. The maximum absolute atomic E-state index is 14.5. The Bertz CT molecular complexity index is 1850. The number of carbonyl (C=O) groups excluding carboxylic acids is 2. The molecule has 0 saturated carbocycles. The summed E-state index contributed by atoms with van der Waals surface area (Å²) in [5.74, 6) is -1.28. The van der Waals surface area contributed by atoms with Crippen molar-refractivity contribution in [3.63, 3.8) is 0 Å². The van der Waals surface area contributed by atoms with Crippen LogP contribution in [0.15, 0.2) is 108 Å². The lowest BCUT2D eigenvalue weighted by Crippen LogP contribution is -2.56. The number of alkyl halides is 3. The molecule has 4 aromatic carbocycles. The van der Waals surface area contributed by atoms with Crippen molar-refractivity contribution in [2.24, 2.45) is 0 Å². The van der Waals surface area contributed by atoms with Gasteiger partial charge in [0.25, 0.3) is 10.0 Å². The minimum Gasteiger partial charge on any atom is -0.350 e. The number of amides is 2. The van der Waals surface area contributed by atoms with Gasteiger partial charge in [0.05, 0.1) is 21.2 Å². The van der Waals surface area contributed by atoms with Gasteiger partial charge in [0.2, 0.25) is 11.8 Å². The summed E-state index contributed by atoms with van der Waals surface area (Å²) in [5, 5.41) is 2.31. The molecular weight excluding hydrogens is 663 g/mol. The van der Waals surface area contributed by atoms with Gasteiger partial charge in [-0.15, -0.1) is 0 Å². The maximum Gasteiger partial charge on any atom is 0.417 e. The highest BCUT2D eigenvalue weighted by molar-refractivity contribution is 7.92. The number of aryl methyl sites for hydroxylation is 1. The molecule has 0 radical (unpaired) electrons. The molecule has 0 fully saturated rings. The van der Waals surface area contributed by atoms with E-state index in [9.17, 15) is 31.2 Å². The first-order valence-electron chi connectivity index (χ1n) is 15.1. The Labute approximate surface area is 284 Å². The van der Waals surface area contributed by atoms with Crippen molar-refractivity contribution in [2.75, 3.05) is 10.8 Å². The quantitative estimate of drug-likeness (QED) is 0.177. The van der Waals surface area contributed by atoms with Crippen LogP contribution in [0.1, 0.15) is 43.0 Å². The third kappa shape index (κ3) is 9.38. The highest BCUT2D eigenvalue weighted by atomic mass is 35.5. The Kier molecular flexibility index (Phi) is 11.3. The lowest BCUT2D eigenvalue weighted by molar-refractivity contribution is -0.140. The van der Waals surface area contributed by atoms with Gasteiger partial charge in [-0.2, -0.15) is 13.2 Å². The summed E-state index contributed by atoms with van der Waals surface area (Å²) in [4.78, 5) is 29.5. The van der Waals surface area contributed by atoms with Gasteiger partial charge in [0.15, 0.2) is 0 Å². The molecule has 0 aromatic heterocycles. The van der Waals surface area contributed by atoms with Crippen LogP contribution in [0.5, 0.6) is 0 Å². The van der Waals surface area contributed by atoms with E-state index in [1.165, 1.54) is 29.2 Å². The zero-order chi connectivity index (χ0) is 35.3. The first kappa shape index (κ1) is 36.5. The molecule has 1 N–H and O–H groups in total. The molecule has 0 heterocycles. The summed E-state index contributed by atoms with van der Waals surface area (Å²) in [6.07, 6.45) is -4.81. The summed E-state index contributed by atoms with van der Waals surface area (Å²) in [5.41, 5.74) is -0.0380. The normalized spacial score (nSPS) is 12.7. The smallest absolute Gasteiger partial charge is 0.350 e. The van der Waals surface area contributed by atoms with Crippen molar-refractivity contribution < 1.29 is 31.2 Å². The summed E-state index contributed by atoms with van der Waals surface area (Å²) >= 11 is 5.87. The highest BCUT2D eigenvalue weighted by Crippen LogP contribution is 2.38. The van der Waals surface area contributed by atoms with Gasteiger partial charge in [-0.25, -0.2) is 8.42 Å². The molecule has 0 bridgehead atoms. The molecule has 12 heteroatoms. The second kappa shape index (κ2) is 14.8. The van der Waals surface area contributed by atoms with Gasteiger partial charge in [-0.05, 0) is 69.2 Å². The van der Waals surface area contributed by atoms with Gasteiger partial charge in [-0.3, -0.25) is 13.9 Å². The highest BCUT2D eigenvalue weighted by Gasteiger charge is 2.38. The molecule has 4 aromatic rings. The molecule has 0 unspecified atom stereocenters. The molecule has 48 heavy (non-hydrogen) atoms. The zero-order valence-electron chi connectivity index (χ0n) is 27.0. The van der Waals surface area contributed by atoms with E-state index in [1.807, 2.05) is 37.3 Å². The Hall–Kier alpha value is -4.35. The zero-order valence-corrected chi connectivity index (χ0v) is 28.5. The molecule has 0 saturated heterocycles. The van der Waals surface area contributed by atoms with Crippen LogP contribution in [0.3, 0.4) is 0 Å². The van der Waals surface area contributed by atoms with Crippen LogP contribution < -0.4 is 9.62 Å². The maximum atomic E-state index is 14.5. The number of hydrogen-bond donors (Lipinski definition) is 1. The predicted octanol–water partition coefficient (Wildman–Crippen LogP) is 7.42. The van der Waals surface area contributed by atoms with Gasteiger partial charge in [0.1, 0.15) is 12.6 Å². The van der Waals surface area contributed by atoms with Crippen molar-refractivity contribution in [1.82, 2.24) is 10.2 Å². The third-order valence-corrected chi connectivity index (χ3v) is 9.48. The van der Waals surface area contributed by atoms with E-state index in [1.54, 1.807) is 51.1 Å². The second-order valence-electron chi connectivity index (χ2n) is 12.4. The number of rotatable bonds is 11. The van der Waals surface area contributed by atoms with Crippen LogP contribution in [-0.4, -0.2) is 43.3 Å². The van der Waals surface area contributed by atoms with Crippen molar-refractivity contribution in [3.8, 4) is 0 Å². The Morgan fingerprint density at radius 3 is 2.02 bits per heavy atom. The first-order valence-corrected chi connectivity index (χ1v) is 16.9. The van der Waals surface area contributed by atoms with Gasteiger partial charge in [-0.1, -0.05) is 90.0 Å². The van der Waals surface area contributed by atoms with E-state index < -0.39 is 62.4 Å². The van der Waals surface area contributed by atoms with Gasteiger partial charge < -0.3 is 10.2 Å². The standard InChI is InChI=1S/C36H37ClF3N3O4S/c1-25-12-11-15-27(20-25)23-42(32(34(45)41-35(2,3)4)21-26-13-7-5-8-14-26)33(44)24-43(48(46,47)29-16-9-6-10-17-29)28-18-19-31(37)30(22-28)36(38,39)40/h5-20,22,32H,21,23-24H2,1-4H3,(H,41,45)/t32-/m0/s1. The minimum atomic E-state index is -4.90. The van der Waals surface area contributed by atoms with E-state index in [0.29, 0.717) is 15.9 Å². The van der Waals surface area contributed by atoms with Crippen molar-refractivity contribution in [2.45, 2.75) is 63.3 Å². The molecule has 1 atom stereocenters. The van der Waals surface area contributed by atoms with Crippen molar-refractivity contribution in [1.29, 1.82) is 0 Å². The van der Waals surface area contributed by atoms with Crippen molar-refractivity contribution >= 4 is 39.1 Å². The van der Waals surface area contributed by atoms with Crippen LogP contribution >= 0.6 is 11.6 Å². The molecule has 0 spiro atoms. The number of halogens is 4. The van der Waals surface area contributed by atoms with E-state index in [4.69, 9.17) is 11.6 Å². The number of anilines is 1. The Morgan fingerprint density at radius 2 is 1.44 bits per heavy atom. The van der Waals surface area contributed by atoms with E-state index in [-0.39, 0.29) is 17.9 Å². The largest absolute Gasteiger partial charge is 0.417 e. The number of sulfonamides is 1. The number of nitrogens with one attached hydrogen (secondary N) is 1. The molecule has 7 nitrogen and oxygen atoms in total. The summed E-state index contributed by atoms with van der Waals surface area (Å²) in [7, 11) is -4.60. The van der Waals surface area contributed by atoms with Gasteiger partial charge >= 0.3 is 6.18 Å². The number of hydrogen-bond acceptors (Lipinski definition) is 4. The van der Waals surface area contributed by atoms with Crippen LogP contribution in [0.4, 0.5) is 18.9 Å². The number of carbonyl (C=O) groups is 2. The molecule has 0 aliphatic carbocycles. The molecule has 4 rings (SSSR count). The second-order valence-corrected chi connectivity index (χ2v) is 14.7. The molecular formula is C36H37ClF3N3O4S. The molecule has 0 aliphatic heterocycles. The van der Waals surface area contributed by atoms with Crippen LogP contribution in [0.25, 0.3) is 0 Å². The molecule has 254 valence electrons. The minimum absolute atomic E-state index is 0.0801. The molecule has 0 aliphatic rings. The van der Waals surface area contributed by atoms with Gasteiger partial charge in [0, 0.05) is 18.5 Å². The topological polar surface area (TPSA) is 86.8 Å². The monoisotopic (exact) mass is 699 g/mol. The van der Waals surface area contributed by atoms with Crippen LogP contribution in [0, 0.1) is 6.92 Å². The average molecular weight is 700 g/mol. The Balaban J connectivity index is 1.87. The Morgan fingerprint density at radius 1 is 0.833 bits per heavy atom. The fourth-order valence-corrected chi connectivity index (χ4v) is 6.80. The fraction of sp³-hybridized carbons (Fsp3) is 0.278. The summed E-state index contributed by atoms with van der Waals surface area (Å²) in [6, 6.07) is 25.0. The SMILES string of the molecule is Cc1cccc(CN(C(=O)CN(c2ccc(Cl)c(C(F)(F)F)c2)S(=O)(=O)c2ccccc2)[C@@H](Cc2ccccc2)C(=O)NC(C)(C)C)c1. The fourth-order valence-electron chi connectivity index (χ4n) is 5.15. The van der Waals surface area contributed by atoms with E-state index in [2.05, 4.69) is 5.32 Å². The first-order chi connectivity index (χ1) is 22.5. The number of benzene rings is 4. The van der Waals surface area contributed by atoms with Crippen LogP contribution in [-0.2, 0) is 38.8 Å². The van der Waals surface area contributed by atoms with Crippen molar-refractivity contribution in [3.05, 3.63) is 130 Å².